The second-order valence-corrected chi connectivity index (χ2v) is 34.1. The van der Waals surface area contributed by atoms with E-state index in [2.05, 4.69) is 55.4 Å². The molecule has 0 aliphatic heterocycles. The normalized spacial score (nSPS) is 14.3. The van der Waals surface area contributed by atoms with Gasteiger partial charge in [0, 0.05) is 25.7 Å². The zero-order chi connectivity index (χ0) is 74.6. The van der Waals surface area contributed by atoms with Crippen LogP contribution in [-0.2, 0) is 65.4 Å². The smallest absolute Gasteiger partial charge is 0.462 e. The van der Waals surface area contributed by atoms with Gasteiger partial charge in [0.05, 0.1) is 26.4 Å². The summed E-state index contributed by atoms with van der Waals surface area (Å²) < 4.78 is 68.7. The van der Waals surface area contributed by atoms with E-state index in [1.807, 2.05) is 0 Å². The molecule has 4 unspecified atom stereocenters. The van der Waals surface area contributed by atoms with E-state index in [1.54, 1.807) is 0 Å². The Morgan fingerprint density at radius 2 is 0.475 bits per heavy atom. The summed E-state index contributed by atoms with van der Waals surface area (Å²) in [6.07, 6.45) is 58.3. The van der Waals surface area contributed by atoms with Crippen molar-refractivity contribution in [2.24, 2.45) is 23.7 Å². The van der Waals surface area contributed by atoms with Crippen LogP contribution in [0, 0.1) is 23.7 Å². The Labute approximate surface area is 619 Å². The number of unbranched alkanes of at least 4 members (excludes halogenated alkanes) is 44. The number of hydrogen-bond acceptors (Lipinski definition) is 15. The molecule has 0 aliphatic rings. The molecule has 0 radical (unpaired) electrons. The Kier molecular flexibility index (Phi) is 69.6. The Balaban J connectivity index is 5.23. The van der Waals surface area contributed by atoms with Gasteiger partial charge in [-0.25, -0.2) is 9.13 Å². The molecule has 6 atom stereocenters. The van der Waals surface area contributed by atoms with Gasteiger partial charge in [-0.3, -0.25) is 37.3 Å². The fourth-order valence-electron chi connectivity index (χ4n) is 12.6. The van der Waals surface area contributed by atoms with E-state index in [4.69, 9.17) is 37.0 Å². The van der Waals surface area contributed by atoms with E-state index in [1.165, 1.54) is 218 Å². The van der Waals surface area contributed by atoms with Crippen LogP contribution in [0.25, 0.3) is 0 Å². The zero-order valence-electron chi connectivity index (χ0n) is 66.5. The average Bonchev–Trinajstić information content (AvgIpc) is 0.926. The number of rotatable bonds is 79. The highest BCUT2D eigenvalue weighted by Gasteiger charge is 2.30. The molecular formula is C82H160O17P2. The van der Waals surface area contributed by atoms with Crippen molar-refractivity contribution in [3.8, 4) is 0 Å². The van der Waals surface area contributed by atoms with Crippen LogP contribution in [0.2, 0.25) is 0 Å². The number of phosphoric acid groups is 2. The third-order valence-corrected chi connectivity index (χ3v) is 21.3. The van der Waals surface area contributed by atoms with E-state index in [0.29, 0.717) is 31.6 Å². The molecule has 0 fully saturated rings. The van der Waals surface area contributed by atoms with Gasteiger partial charge < -0.3 is 33.8 Å². The van der Waals surface area contributed by atoms with Crippen molar-refractivity contribution in [2.45, 2.75) is 440 Å². The molecule has 0 heterocycles. The summed E-state index contributed by atoms with van der Waals surface area (Å²) in [5, 5.41) is 10.6. The topological polar surface area (TPSA) is 237 Å². The first-order chi connectivity index (χ1) is 48.6. The SMILES string of the molecule is CCC(C)CCCCCCCCCCCCC(=O)OC[C@H](COP(=O)(O)OCC(O)COP(=O)(O)OC[C@@H](COC(=O)CCCCCCCCCC(C)C)OC(=O)CCCCCCCCCCCCCCCC(C)C)OC(=O)CCCCCCCCCCCCCCCCCCCCC(C)C. The highest BCUT2D eigenvalue weighted by Crippen LogP contribution is 2.45. The van der Waals surface area contributed by atoms with E-state index < -0.39 is 97.5 Å². The molecule has 0 spiro atoms. The lowest BCUT2D eigenvalue weighted by Crippen LogP contribution is -2.30. The van der Waals surface area contributed by atoms with Crippen molar-refractivity contribution in [2.75, 3.05) is 39.6 Å². The maximum atomic E-state index is 13.1. The minimum absolute atomic E-state index is 0.106. The standard InChI is InChI=1S/C82H160O17P2/c1-9-75(8)61-53-45-37-29-25-26-30-38-46-54-62-79(84)92-68-77(98-81(86)64-56-48-39-31-23-19-15-13-11-10-12-14-17-21-27-34-42-50-58-72(2)3)70-96-100(88,89)94-66-76(83)67-95-101(90,91)97-71-78(69-93-80(85)63-55-47-41-33-36-44-52-60-74(6)7)99-82(87)65-57-49-40-32-24-20-16-18-22-28-35-43-51-59-73(4)5/h72-78,83H,9-71H2,1-8H3,(H,88,89)(H,90,91)/t75?,76?,77-,78-/m1/s1. The van der Waals surface area contributed by atoms with Crippen LogP contribution in [0.5, 0.6) is 0 Å². The van der Waals surface area contributed by atoms with Gasteiger partial charge in [-0.15, -0.1) is 0 Å². The van der Waals surface area contributed by atoms with Crippen molar-refractivity contribution in [1.82, 2.24) is 0 Å². The largest absolute Gasteiger partial charge is 0.472 e. The highest BCUT2D eigenvalue weighted by molar-refractivity contribution is 7.47. The van der Waals surface area contributed by atoms with Gasteiger partial charge >= 0.3 is 39.5 Å². The van der Waals surface area contributed by atoms with Gasteiger partial charge in [-0.1, -0.05) is 370 Å². The van der Waals surface area contributed by atoms with Crippen molar-refractivity contribution in [3.05, 3.63) is 0 Å². The molecule has 19 heteroatoms. The fourth-order valence-corrected chi connectivity index (χ4v) is 14.2. The Morgan fingerprint density at radius 3 is 0.703 bits per heavy atom. The summed E-state index contributed by atoms with van der Waals surface area (Å²) in [4.78, 5) is 73.0. The maximum absolute atomic E-state index is 13.1. The Hall–Kier alpha value is -1.94. The molecule has 3 N–H and O–H groups in total. The third kappa shape index (κ3) is 74.7. The van der Waals surface area contributed by atoms with E-state index in [9.17, 15) is 43.2 Å². The zero-order valence-corrected chi connectivity index (χ0v) is 68.3. The molecule has 0 bridgehead atoms. The number of carbonyl (C=O) groups excluding carboxylic acids is 4. The maximum Gasteiger partial charge on any atom is 0.472 e. The van der Waals surface area contributed by atoms with Gasteiger partial charge in [0.25, 0.3) is 0 Å². The van der Waals surface area contributed by atoms with Crippen LogP contribution in [0.15, 0.2) is 0 Å². The molecular weight excluding hydrogens is 1320 g/mol. The number of aliphatic hydroxyl groups is 1. The molecule has 0 rings (SSSR count). The van der Waals surface area contributed by atoms with Crippen molar-refractivity contribution in [1.29, 1.82) is 0 Å². The van der Waals surface area contributed by atoms with Crippen LogP contribution in [0.4, 0.5) is 0 Å². The Bertz CT molecular complexity index is 1970. The van der Waals surface area contributed by atoms with Crippen LogP contribution in [-0.4, -0.2) is 96.7 Å². The Morgan fingerprint density at radius 1 is 0.277 bits per heavy atom. The van der Waals surface area contributed by atoms with Crippen molar-refractivity contribution >= 4 is 39.5 Å². The van der Waals surface area contributed by atoms with Crippen LogP contribution >= 0.6 is 15.6 Å². The first-order valence-corrected chi connectivity index (χ1v) is 45.2. The quantitative estimate of drug-likeness (QED) is 0.0222. The van der Waals surface area contributed by atoms with Crippen molar-refractivity contribution in [3.63, 3.8) is 0 Å². The molecule has 600 valence electrons. The van der Waals surface area contributed by atoms with E-state index >= 15 is 0 Å². The number of hydrogen-bond donors (Lipinski definition) is 3. The lowest BCUT2D eigenvalue weighted by atomic mass is 9.99. The number of esters is 4. The number of aliphatic hydroxyl groups excluding tert-OH is 1. The predicted molar refractivity (Wildman–Crippen MR) is 414 cm³/mol. The molecule has 0 aromatic carbocycles. The second-order valence-electron chi connectivity index (χ2n) is 31.2. The first kappa shape index (κ1) is 99.1. The third-order valence-electron chi connectivity index (χ3n) is 19.4. The summed E-state index contributed by atoms with van der Waals surface area (Å²) in [5.41, 5.74) is 0. The van der Waals surface area contributed by atoms with Crippen LogP contribution < -0.4 is 0 Å². The van der Waals surface area contributed by atoms with Gasteiger partial charge in [0.15, 0.2) is 12.2 Å². The van der Waals surface area contributed by atoms with Gasteiger partial charge in [0.2, 0.25) is 0 Å². The number of phosphoric ester groups is 2. The summed E-state index contributed by atoms with van der Waals surface area (Å²) in [6, 6.07) is 0. The predicted octanol–water partition coefficient (Wildman–Crippen LogP) is 24.4. The second kappa shape index (κ2) is 71.0. The van der Waals surface area contributed by atoms with E-state index in [-0.39, 0.29) is 25.7 Å². The van der Waals surface area contributed by atoms with E-state index in [0.717, 1.165) is 114 Å². The lowest BCUT2D eigenvalue weighted by Gasteiger charge is -2.21. The number of carbonyl (C=O) groups is 4. The fraction of sp³-hybridized carbons (Fsp3) is 0.951. The summed E-state index contributed by atoms with van der Waals surface area (Å²) in [5.74, 6) is 1.01. The van der Waals surface area contributed by atoms with Gasteiger partial charge in [0.1, 0.15) is 19.3 Å². The number of ether oxygens (including phenoxy) is 4. The average molecular weight is 1480 g/mol. The molecule has 0 saturated carbocycles. The highest BCUT2D eigenvalue weighted by atomic mass is 31.2. The van der Waals surface area contributed by atoms with Crippen LogP contribution in [0.1, 0.15) is 421 Å². The molecule has 0 amide bonds. The van der Waals surface area contributed by atoms with Crippen molar-refractivity contribution < 1.29 is 80.2 Å². The monoisotopic (exact) mass is 1480 g/mol. The summed E-state index contributed by atoms with van der Waals surface area (Å²) in [7, 11) is -9.92. The summed E-state index contributed by atoms with van der Waals surface area (Å²) in [6.45, 7) is 14.3. The van der Waals surface area contributed by atoms with Gasteiger partial charge in [-0.05, 0) is 49.4 Å². The lowest BCUT2D eigenvalue weighted by molar-refractivity contribution is -0.161. The van der Waals surface area contributed by atoms with Gasteiger partial charge in [-0.2, -0.15) is 0 Å². The van der Waals surface area contributed by atoms with Crippen LogP contribution in [0.3, 0.4) is 0 Å². The molecule has 17 nitrogen and oxygen atoms in total. The molecule has 0 aromatic heterocycles. The molecule has 0 aromatic rings. The minimum Gasteiger partial charge on any atom is -0.462 e. The molecule has 0 aliphatic carbocycles. The summed E-state index contributed by atoms with van der Waals surface area (Å²) >= 11 is 0. The minimum atomic E-state index is -4.96. The molecule has 0 saturated heterocycles. The first-order valence-electron chi connectivity index (χ1n) is 42.2. The molecule has 101 heavy (non-hydrogen) atoms.